The van der Waals surface area contributed by atoms with E-state index in [9.17, 15) is 13.2 Å². The van der Waals surface area contributed by atoms with E-state index in [4.69, 9.17) is 5.14 Å². The first-order chi connectivity index (χ1) is 8.34. The van der Waals surface area contributed by atoms with Crippen LogP contribution >= 0.6 is 0 Å². The average molecular weight is 271 g/mol. The van der Waals surface area contributed by atoms with Gasteiger partial charge < -0.3 is 9.47 Å². The molecular weight excluding hydrogens is 254 g/mol. The van der Waals surface area contributed by atoms with Gasteiger partial charge in [0, 0.05) is 25.8 Å². The predicted octanol–water partition coefficient (Wildman–Crippen LogP) is 0.562. The van der Waals surface area contributed by atoms with Gasteiger partial charge in [0.1, 0.15) is 10.6 Å². The van der Waals surface area contributed by atoms with E-state index in [-0.39, 0.29) is 16.8 Å². The molecule has 1 fully saturated rings. The molecule has 0 saturated heterocycles. The molecule has 18 heavy (non-hydrogen) atoms. The van der Waals surface area contributed by atoms with E-state index >= 15 is 0 Å². The number of carbonyl (C=O) groups excluding carboxylic acids is 1. The largest absolute Gasteiger partial charge is 0.341 e. The summed E-state index contributed by atoms with van der Waals surface area (Å²) in [4.78, 5) is 13.7. The normalized spacial score (nSPS) is 15.7. The van der Waals surface area contributed by atoms with Crippen LogP contribution in [0.1, 0.15) is 36.3 Å². The Labute approximate surface area is 106 Å². The fourth-order valence-electron chi connectivity index (χ4n) is 1.77. The van der Waals surface area contributed by atoms with Gasteiger partial charge in [-0.3, -0.25) is 4.79 Å². The van der Waals surface area contributed by atoms with Crippen molar-refractivity contribution in [2.45, 2.75) is 30.7 Å². The summed E-state index contributed by atoms with van der Waals surface area (Å²) in [6.45, 7) is 2.43. The molecule has 1 saturated carbocycles. The minimum atomic E-state index is -3.77. The molecule has 1 aromatic heterocycles. The molecule has 0 atom stereocenters. The molecule has 0 unspecified atom stereocenters. The van der Waals surface area contributed by atoms with Crippen LogP contribution in [-0.4, -0.2) is 37.4 Å². The van der Waals surface area contributed by atoms with Crippen molar-refractivity contribution in [2.24, 2.45) is 5.14 Å². The first-order valence-corrected chi connectivity index (χ1v) is 7.39. The highest BCUT2D eigenvalue weighted by Gasteiger charge is 2.30. The smallest absolute Gasteiger partial charge is 0.270 e. The molecule has 0 spiro atoms. The van der Waals surface area contributed by atoms with Crippen molar-refractivity contribution in [1.29, 1.82) is 0 Å². The van der Waals surface area contributed by atoms with Crippen LogP contribution < -0.4 is 5.14 Å². The van der Waals surface area contributed by atoms with E-state index in [0.29, 0.717) is 12.2 Å². The fourth-order valence-corrected chi connectivity index (χ4v) is 2.31. The second-order valence-electron chi connectivity index (χ2n) is 4.56. The van der Waals surface area contributed by atoms with Gasteiger partial charge >= 0.3 is 0 Å². The lowest BCUT2D eigenvalue weighted by Gasteiger charge is -2.15. The lowest BCUT2D eigenvalue weighted by molar-refractivity contribution is 0.0791. The maximum Gasteiger partial charge on any atom is 0.270 e. The molecule has 0 bridgehead atoms. The van der Waals surface area contributed by atoms with Crippen molar-refractivity contribution in [3.63, 3.8) is 0 Å². The number of hydrogen-bond donors (Lipinski definition) is 1. The van der Waals surface area contributed by atoms with E-state index in [2.05, 4.69) is 0 Å². The molecular formula is C11H17N3O3S. The second-order valence-corrected chi connectivity index (χ2v) is 6.13. The summed E-state index contributed by atoms with van der Waals surface area (Å²) < 4.78 is 24.4. The van der Waals surface area contributed by atoms with Crippen LogP contribution in [0.5, 0.6) is 0 Å². The van der Waals surface area contributed by atoms with Crippen molar-refractivity contribution in [3.8, 4) is 0 Å². The zero-order chi connectivity index (χ0) is 13.5. The Balaban J connectivity index is 2.45. The van der Waals surface area contributed by atoms with Crippen LogP contribution in [0.3, 0.4) is 0 Å². The molecule has 1 aliphatic rings. The lowest BCUT2D eigenvalue weighted by Crippen LogP contribution is -2.28. The maximum absolute atomic E-state index is 12.1. The SMILES string of the molecule is CCN(C)C(=O)c1cc(S(N)(=O)=O)cn1C1CC1. The van der Waals surface area contributed by atoms with Crippen molar-refractivity contribution >= 4 is 15.9 Å². The van der Waals surface area contributed by atoms with Crippen molar-refractivity contribution < 1.29 is 13.2 Å². The Morgan fingerprint density at radius 1 is 1.56 bits per heavy atom. The number of primary sulfonamides is 1. The summed E-state index contributed by atoms with van der Waals surface area (Å²) in [6.07, 6.45) is 3.40. The molecule has 1 aliphatic carbocycles. The van der Waals surface area contributed by atoms with Crippen LogP contribution in [0.15, 0.2) is 17.2 Å². The average Bonchev–Trinajstić information content (AvgIpc) is 3.04. The Kier molecular flexibility index (Phi) is 3.20. The van der Waals surface area contributed by atoms with E-state index in [0.717, 1.165) is 12.8 Å². The summed E-state index contributed by atoms with van der Waals surface area (Å²) in [6, 6.07) is 1.59. The molecule has 6 nitrogen and oxygen atoms in total. The van der Waals surface area contributed by atoms with Crippen molar-refractivity contribution in [3.05, 3.63) is 18.0 Å². The third kappa shape index (κ3) is 2.41. The summed E-state index contributed by atoms with van der Waals surface area (Å²) in [7, 11) is -2.08. The van der Waals surface area contributed by atoms with Crippen LogP contribution in [0.2, 0.25) is 0 Å². The van der Waals surface area contributed by atoms with Gasteiger partial charge in [-0.05, 0) is 25.8 Å². The Bertz CT molecular complexity index is 572. The van der Waals surface area contributed by atoms with Gasteiger partial charge in [0.15, 0.2) is 0 Å². The molecule has 100 valence electrons. The topological polar surface area (TPSA) is 85.4 Å². The molecule has 7 heteroatoms. The van der Waals surface area contributed by atoms with Gasteiger partial charge in [-0.2, -0.15) is 0 Å². The monoisotopic (exact) mass is 271 g/mol. The van der Waals surface area contributed by atoms with Gasteiger partial charge in [0.25, 0.3) is 5.91 Å². The third-order valence-corrected chi connectivity index (χ3v) is 4.01. The molecule has 0 radical (unpaired) electrons. The molecule has 1 aromatic rings. The van der Waals surface area contributed by atoms with Crippen LogP contribution in [-0.2, 0) is 10.0 Å². The minimum absolute atomic E-state index is 0.00209. The number of carbonyl (C=O) groups is 1. The van der Waals surface area contributed by atoms with Gasteiger partial charge in [0.2, 0.25) is 10.0 Å². The van der Waals surface area contributed by atoms with E-state index in [1.54, 1.807) is 16.5 Å². The molecule has 0 aromatic carbocycles. The summed E-state index contributed by atoms with van der Waals surface area (Å²) in [5.41, 5.74) is 0.394. The fraction of sp³-hybridized carbons (Fsp3) is 0.545. The summed E-state index contributed by atoms with van der Waals surface area (Å²) in [5.74, 6) is -0.181. The first kappa shape index (κ1) is 13.1. The quantitative estimate of drug-likeness (QED) is 0.868. The summed E-state index contributed by atoms with van der Waals surface area (Å²) in [5, 5.41) is 5.10. The standard InChI is InChI=1S/C11H17N3O3S/c1-3-13(2)11(15)10-6-9(18(12,16)17)7-14(10)8-4-5-8/h6-8H,3-5H2,1-2H3,(H2,12,16,17). The molecule has 2 rings (SSSR count). The van der Waals surface area contributed by atoms with Crippen LogP contribution in [0.4, 0.5) is 0 Å². The zero-order valence-electron chi connectivity index (χ0n) is 10.5. The van der Waals surface area contributed by atoms with E-state index in [1.165, 1.54) is 12.3 Å². The Morgan fingerprint density at radius 2 is 2.17 bits per heavy atom. The summed E-state index contributed by atoms with van der Waals surface area (Å²) >= 11 is 0. The molecule has 1 amide bonds. The Hall–Kier alpha value is -1.34. The number of nitrogens with zero attached hydrogens (tertiary/aromatic N) is 2. The lowest BCUT2D eigenvalue weighted by atomic mass is 10.3. The first-order valence-electron chi connectivity index (χ1n) is 5.84. The number of amides is 1. The number of nitrogens with two attached hydrogens (primary N) is 1. The Morgan fingerprint density at radius 3 is 2.61 bits per heavy atom. The predicted molar refractivity (Wildman–Crippen MR) is 66.7 cm³/mol. The van der Waals surface area contributed by atoms with Gasteiger partial charge in [0.05, 0.1) is 0 Å². The molecule has 2 N–H and O–H groups in total. The number of rotatable bonds is 4. The molecule has 1 heterocycles. The molecule has 0 aliphatic heterocycles. The third-order valence-electron chi connectivity index (χ3n) is 3.13. The van der Waals surface area contributed by atoms with Crippen LogP contribution in [0, 0.1) is 0 Å². The van der Waals surface area contributed by atoms with Crippen LogP contribution in [0.25, 0.3) is 0 Å². The van der Waals surface area contributed by atoms with E-state index < -0.39 is 10.0 Å². The van der Waals surface area contributed by atoms with E-state index in [1.807, 2.05) is 6.92 Å². The van der Waals surface area contributed by atoms with Crippen molar-refractivity contribution in [1.82, 2.24) is 9.47 Å². The van der Waals surface area contributed by atoms with Gasteiger partial charge in [-0.25, -0.2) is 13.6 Å². The van der Waals surface area contributed by atoms with Gasteiger partial charge in [-0.1, -0.05) is 0 Å². The maximum atomic E-state index is 12.1. The number of sulfonamides is 1. The zero-order valence-corrected chi connectivity index (χ0v) is 11.3. The minimum Gasteiger partial charge on any atom is -0.341 e. The highest BCUT2D eigenvalue weighted by atomic mass is 32.2. The van der Waals surface area contributed by atoms with Gasteiger partial charge in [-0.15, -0.1) is 0 Å². The highest BCUT2D eigenvalue weighted by Crippen LogP contribution is 2.37. The highest BCUT2D eigenvalue weighted by molar-refractivity contribution is 7.89. The number of hydrogen-bond acceptors (Lipinski definition) is 3. The second kappa shape index (κ2) is 4.40. The number of aromatic nitrogens is 1. The van der Waals surface area contributed by atoms with Crippen molar-refractivity contribution in [2.75, 3.05) is 13.6 Å².